The van der Waals surface area contributed by atoms with E-state index in [1.165, 1.54) is 19.3 Å². The molecule has 1 aromatic carbocycles. The zero-order valence-corrected chi connectivity index (χ0v) is 6.59. The topological polar surface area (TPSA) is 0 Å². The van der Waals surface area contributed by atoms with Gasteiger partial charge in [-0.3, -0.25) is 0 Å². The highest BCUT2D eigenvalue weighted by Crippen LogP contribution is 2.50. The highest BCUT2D eigenvalue weighted by Gasteiger charge is 2.38. The van der Waals surface area contributed by atoms with Gasteiger partial charge in [0, 0.05) is 0 Å². The van der Waals surface area contributed by atoms with E-state index in [9.17, 15) is 0 Å². The van der Waals surface area contributed by atoms with Gasteiger partial charge in [0.25, 0.3) is 0 Å². The Bertz CT molecular complexity index is 288. The lowest BCUT2D eigenvalue weighted by Gasteiger charge is -2.30. The number of hydrogen-bond donors (Lipinski definition) is 0. The molecule has 0 radical (unpaired) electrons. The summed E-state index contributed by atoms with van der Waals surface area (Å²) in [6.45, 7) is 0. The summed E-state index contributed by atoms with van der Waals surface area (Å²) in [5, 5.41) is 0. The SMILES string of the molecule is c1ccc2c(c1)CC1CCC21. The van der Waals surface area contributed by atoms with Crippen LogP contribution in [0.25, 0.3) is 0 Å². The largest absolute Gasteiger partial charge is 0.0620 e. The van der Waals surface area contributed by atoms with Gasteiger partial charge in [-0.1, -0.05) is 24.3 Å². The minimum Gasteiger partial charge on any atom is -0.0620 e. The average molecular weight is 144 g/mol. The van der Waals surface area contributed by atoms with Gasteiger partial charge in [-0.15, -0.1) is 0 Å². The molecule has 2 atom stereocenters. The zero-order valence-electron chi connectivity index (χ0n) is 6.59. The summed E-state index contributed by atoms with van der Waals surface area (Å²) in [4.78, 5) is 0. The van der Waals surface area contributed by atoms with Gasteiger partial charge in [0.2, 0.25) is 0 Å². The van der Waals surface area contributed by atoms with Crippen LogP contribution in [0.5, 0.6) is 0 Å². The van der Waals surface area contributed by atoms with Crippen molar-refractivity contribution >= 4 is 0 Å². The Morgan fingerprint density at radius 3 is 2.82 bits per heavy atom. The van der Waals surface area contributed by atoms with Gasteiger partial charge in [0.1, 0.15) is 0 Å². The first kappa shape index (κ1) is 5.82. The first-order valence-electron chi connectivity index (χ1n) is 4.53. The van der Waals surface area contributed by atoms with Crippen LogP contribution in [0.15, 0.2) is 24.3 Å². The normalized spacial score (nSPS) is 32.4. The Morgan fingerprint density at radius 1 is 1.09 bits per heavy atom. The minimum atomic E-state index is 0.950. The predicted molar refractivity (Wildman–Crippen MR) is 45.6 cm³/mol. The molecule has 2 aliphatic rings. The maximum absolute atomic E-state index is 2.32. The minimum absolute atomic E-state index is 0.950. The van der Waals surface area contributed by atoms with Gasteiger partial charge < -0.3 is 0 Å². The molecule has 2 unspecified atom stereocenters. The van der Waals surface area contributed by atoms with E-state index in [2.05, 4.69) is 24.3 Å². The molecular formula is C11H12. The van der Waals surface area contributed by atoms with Crippen molar-refractivity contribution < 1.29 is 0 Å². The summed E-state index contributed by atoms with van der Waals surface area (Å²) < 4.78 is 0. The Kier molecular flexibility index (Phi) is 0.993. The number of rotatable bonds is 0. The fraction of sp³-hybridized carbons (Fsp3) is 0.455. The highest BCUT2D eigenvalue weighted by atomic mass is 14.4. The van der Waals surface area contributed by atoms with Crippen molar-refractivity contribution in [3.8, 4) is 0 Å². The fourth-order valence-corrected chi connectivity index (χ4v) is 2.59. The molecule has 1 saturated carbocycles. The summed E-state index contributed by atoms with van der Waals surface area (Å²) in [7, 11) is 0. The van der Waals surface area contributed by atoms with Crippen molar-refractivity contribution in [3.63, 3.8) is 0 Å². The van der Waals surface area contributed by atoms with Crippen LogP contribution in [0, 0.1) is 5.92 Å². The molecule has 56 valence electrons. The maximum atomic E-state index is 2.32. The lowest BCUT2D eigenvalue weighted by molar-refractivity contribution is 0.281. The van der Waals surface area contributed by atoms with Crippen LogP contribution in [0.1, 0.15) is 29.9 Å². The maximum Gasteiger partial charge on any atom is -0.0128 e. The van der Waals surface area contributed by atoms with Gasteiger partial charge in [-0.05, 0) is 42.2 Å². The van der Waals surface area contributed by atoms with Crippen molar-refractivity contribution in [3.05, 3.63) is 35.4 Å². The molecule has 1 fully saturated rings. The number of fused-ring (bicyclic) bond motifs is 3. The van der Waals surface area contributed by atoms with Crippen molar-refractivity contribution in [1.29, 1.82) is 0 Å². The molecule has 0 amide bonds. The highest BCUT2D eigenvalue weighted by molar-refractivity contribution is 5.38. The molecule has 11 heavy (non-hydrogen) atoms. The molecule has 0 N–H and O–H groups in total. The molecule has 3 rings (SSSR count). The number of hydrogen-bond acceptors (Lipinski definition) is 0. The van der Waals surface area contributed by atoms with E-state index in [1.807, 2.05) is 0 Å². The summed E-state index contributed by atoms with van der Waals surface area (Å²) in [6, 6.07) is 8.97. The van der Waals surface area contributed by atoms with Crippen molar-refractivity contribution in [2.75, 3.05) is 0 Å². The monoisotopic (exact) mass is 144 g/mol. The fourth-order valence-electron chi connectivity index (χ4n) is 2.59. The molecule has 0 heterocycles. The van der Waals surface area contributed by atoms with Crippen LogP contribution >= 0.6 is 0 Å². The summed E-state index contributed by atoms with van der Waals surface area (Å²) in [5.74, 6) is 1.97. The summed E-state index contributed by atoms with van der Waals surface area (Å²) in [5.41, 5.74) is 3.28. The van der Waals surface area contributed by atoms with E-state index in [4.69, 9.17) is 0 Å². The van der Waals surface area contributed by atoms with Gasteiger partial charge in [-0.2, -0.15) is 0 Å². The van der Waals surface area contributed by atoms with Gasteiger partial charge in [0.15, 0.2) is 0 Å². The smallest absolute Gasteiger partial charge is 0.0128 e. The molecule has 0 spiro atoms. The third-order valence-corrected chi connectivity index (χ3v) is 3.35. The molecule has 0 saturated heterocycles. The van der Waals surface area contributed by atoms with Crippen molar-refractivity contribution in [2.24, 2.45) is 5.92 Å². The molecule has 0 aromatic heterocycles. The molecule has 0 bridgehead atoms. The molecule has 0 heteroatoms. The van der Waals surface area contributed by atoms with Crippen LogP contribution in [-0.2, 0) is 6.42 Å². The lowest BCUT2D eigenvalue weighted by atomic mass is 9.74. The standard InChI is InChI=1S/C11H12/c1-2-4-10-8(3-1)7-9-5-6-11(9)10/h1-4,9,11H,5-7H2. The summed E-state index contributed by atoms with van der Waals surface area (Å²) >= 11 is 0. The van der Waals surface area contributed by atoms with E-state index < -0.39 is 0 Å². The van der Waals surface area contributed by atoms with Crippen LogP contribution in [0.4, 0.5) is 0 Å². The number of benzene rings is 1. The average Bonchev–Trinajstić information content (AvgIpc) is 2.23. The van der Waals surface area contributed by atoms with Gasteiger partial charge in [0.05, 0.1) is 0 Å². The van der Waals surface area contributed by atoms with Crippen LogP contribution in [0.2, 0.25) is 0 Å². The lowest BCUT2D eigenvalue weighted by Crippen LogP contribution is -2.18. The van der Waals surface area contributed by atoms with E-state index in [0.717, 1.165) is 11.8 Å². The first-order valence-corrected chi connectivity index (χ1v) is 4.53. The third kappa shape index (κ3) is 0.649. The molecular weight excluding hydrogens is 132 g/mol. The second kappa shape index (κ2) is 1.88. The Labute approximate surface area is 67.2 Å². The van der Waals surface area contributed by atoms with Crippen LogP contribution < -0.4 is 0 Å². The second-order valence-electron chi connectivity index (χ2n) is 3.85. The molecule has 1 aromatic rings. The van der Waals surface area contributed by atoms with Crippen LogP contribution in [0.3, 0.4) is 0 Å². The van der Waals surface area contributed by atoms with Crippen molar-refractivity contribution in [2.45, 2.75) is 25.2 Å². The van der Waals surface area contributed by atoms with E-state index >= 15 is 0 Å². The first-order chi connectivity index (χ1) is 5.45. The van der Waals surface area contributed by atoms with E-state index in [1.54, 1.807) is 11.1 Å². The predicted octanol–water partition coefficient (Wildman–Crippen LogP) is 2.74. The third-order valence-electron chi connectivity index (χ3n) is 3.35. The van der Waals surface area contributed by atoms with Crippen LogP contribution in [-0.4, -0.2) is 0 Å². The van der Waals surface area contributed by atoms with Gasteiger partial charge >= 0.3 is 0 Å². The molecule has 2 aliphatic carbocycles. The zero-order chi connectivity index (χ0) is 7.26. The van der Waals surface area contributed by atoms with Crippen molar-refractivity contribution in [1.82, 2.24) is 0 Å². The van der Waals surface area contributed by atoms with E-state index in [0.29, 0.717) is 0 Å². The molecule has 0 nitrogen and oxygen atoms in total. The van der Waals surface area contributed by atoms with E-state index in [-0.39, 0.29) is 0 Å². The molecule has 0 aliphatic heterocycles. The second-order valence-corrected chi connectivity index (χ2v) is 3.85. The Balaban J connectivity index is 2.14. The quantitative estimate of drug-likeness (QED) is 0.525. The summed E-state index contributed by atoms with van der Waals surface area (Å²) in [6.07, 6.45) is 4.28. The van der Waals surface area contributed by atoms with Gasteiger partial charge in [-0.25, -0.2) is 0 Å². The Morgan fingerprint density at radius 2 is 2.00 bits per heavy atom. The Hall–Kier alpha value is -0.780.